The molecule has 0 fully saturated rings. The van der Waals surface area contributed by atoms with Gasteiger partial charge in [-0.25, -0.2) is 4.98 Å². The van der Waals surface area contributed by atoms with Crippen molar-refractivity contribution in [3.8, 4) is 21.8 Å². The molecule has 0 atom stereocenters. The highest BCUT2D eigenvalue weighted by molar-refractivity contribution is 7.13. The normalized spacial score (nSPS) is 10.6. The Morgan fingerprint density at radius 2 is 1.68 bits per heavy atom. The summed E-state index contributed by atoms with van der Waals surface area (Å²) in [6.45, 7) is 0. The molecular formula is C16H8Cl2NO2S-. The number of benzene rings is 2. The molecule has 0 aliphatic rings. The average Bonchev–Trinajstić information content (AvgIpc) is 3.00. The Labute approximate surface area is 140 Å². The Hall–Kier alpha value is -1.88. The fourth-order valence-corrected chi connectivity index (χ4v) is 3.08. The Bertz CT molecular complexity index is 844. The van der Waals surface area contributed by atoms with Gasteiger partial charge in [0, 0.05) is 16.5 Å². The van der Waals surface area contributed by atoms with Gasteiger partial charge in [0.15, 0.2) is 0 Å². The number of nitrogens with zero attached hydrogens (tertiary/aromatic N) is 1. The smallest absolute Gasteiger partial charge is 0.124 e. The number of carboxylic acids is 1. The summed E-state index contributed by atoms with van der Waals surface area (Å²) in [5.41, 5.74) is 2.66. The third-order valence-electron chi connectivity index (χ3n) is 3.09. The number of hydrogen-bond donors (Lipinski definition) is 0. The number of thiazole rings is 1. The molecule has 0 saturated heterocycles. The summed E-state index contributed by atoms with van der Waals surface area (Å²) in [5, 5.41) is 14.4. The Balaban J connectivity index is 1.93. The van der Waals surface area contributed by atoms with E-state index in [2.05, 4.69) is 4.98 Å². The molecule has 110 valence electrons. The Kier molecular flexibility index (Phi) is 4.16. The molecule has 3 rings (SSSR count). The van der Waals surface area contributed by atoms with Gasteiger partial charge in [-0.3, -0.25) is 0 Å². The molecule has 1 aromatic heterocycles. The van der Waals surface area contributed by atoms with Crippen LogP contribution in [0, 0.1) is 0 Å². The zero-order chi connectivity index (χ0) is 15.7. The van der Waals surface area contributed by atoms with E-state index >= 15 is 0 Å². The molecule has 2 aromatic carbocycles. The fourth-order valence-electron chi connectivity index (χ4n) is 1.94. The molecule has 6 heteroatoms. The van der Waals surface area contributed by atoms with Gasteiger partial charge in [-0.15, -0.1) is 11.3 Å². The second-order valence-electron chi connectivity index (χ2n) is 4.53. The van der Waals surface area contributed by atoms with E-state index in [-0.39, 0.29) is 5.56 Å². The highest BCUT2D eigenvalue weighted by Crippen LogP contribution is 2.32. The van der Waals surface area contributed by atoms with Gasteiger partial charge in [-0.1, -0.05) is 53.5 Å². The zero-order valence-electron chi connectivity index (χ0n) is 11.0. The summed E-state index contributed by atoms with van der Waals surface area (Å²) in [6.07, 6.45) is 0. The van der Waals surface area contributed by atoms with Crippen molar-refractivity contribution in [1.82, 2.24) is 4.98 Å². The third kappa shape index (κ3) is 2.99. The average molecular weight is 349 g/mol. The molecule has 3 aromatic rings. The van der Waals surface area contributed by atoms with Crippen LogP contribution in [-0.4, -0.2) is 11.0 Å². The maximum atomic E-state index is 10.7. The van der Waals surface area contributed by atoms with Crippen molar-refractivity contribution in [3.05, 3.63) is 63.5 Å². The van der Waals surface area contributed by atoms with Crippen LogP contribution in [0.15, 0.2) is 47.8 Å². The Morgan fingerprint density at radius 3 is 2.32 bits per heavy atom. The van der Waals surface area contributed by atoms with Crippen molar-refractivity contribution in [1.29, 1.82) is 0 Å². The van der Waals surface area contributed by atoms with Gasteiger partial charge in [-0.2, -0.15) is 0 Å². The van der Waals surface area contributed by atoms with Gasteiger partial charge in [0.25, 0.3) is 0 Å². The molecule has 3 nitrogen and oxygen atoms in total. The minimum absolute atomic E-state index is 0.144. The van der Waals surface area contributed by atoms with Gasteiger partial charge >= 0.3 is 0 Å². The molecule has 0 aliphatic heterocycles. The van der Waals surface area contributed by atoms with Crippen molar-refractivity contribution in [2.24, 2.45) is 0 Å². The van der Waals surface area contributed by atoms with E-state index in [0.29, 0.717) is 10.0 Å². The van der Waals surface area contributed by atoms with E-state index in [9.17, 15) is 9.90 Å². The maximum absolute atomic E-state index is 10.7. The number of rotatable bonds is 3. The summed E-state index contributed by atoms with van der Waals surface area (Å²) in [6, 6.07) is 11.8. The summed E-state index contributed by atoms with van der Waals surface area (Å²) in [5.74, 6) is -1.19. The van der Waals surface area contributed by atoms with Gasteiger partial charge in [0.2, 0.25) is 0 Å². The minimum Gasteiger partial charge on any atom is -0.545 e. The third-order valence-corrected chi connectivity index (χ3v) is 4.72. The standard InChI is InChI=1S/C16H9Cl2NO2S/c17-12-6-5-11(7-13(12)18)14-8-22-15(19-14)9-1-3-10(4-2-9)16(20)21/h1-8H,(H,20,21)/p-1. The van der Waals surface area contributed by atoms with E-state index in [1.54, 1.807) is 24.3 Å². The van der Waals surface area contributed by atoms with Crippen LogP contribution in [0.2, 0.25) is 10.0 Å². The fraction of sp³-hybridized carbons (Fsp3) is 0. The van der Waals surface area contributed by atoms with Crippen molar-refractivity contribution in [2.75, 3.05) is 0 Å². The van der Waals surface area contributed by atoms with Crippen LogP contribution in [0.1, 0.15) is 10.4 Å². The monoisotopic (exact) mass is 348 g/mol. The van der Waals surface area contributed by atoms with Gasteiger partial charge in [0.05, 0.1) is 21.7 Å². The number of aromatic carboxylic acids is 1. The molecule has 0 spiro atoms. The molecule has 1 heterocycles. The van der Waals surface area contributed by atoms with Gasteiger partial charge in [0.1, 0.15) is 5.01 Å². The summed E-state index contributed by atoms with van der Waals surface area (Å²) in [4.78, 5) is 15.3. The first kappa shape index (κ1) is 15.0. The van der Waals surface area contributed by atoms with Crippen LogP contribution >= 0.6 is 34.5 Å². The lowest BCUT2D eigenvalue weighted by Crippen LogP contribution is -2.21. The summed E-state index contributed by atoms with van der Waals surface area (Å²) < 4.78 is 0. The van der Waals surface area contributed by atoms with Crippen LogP contribution in [-0.2, 0) is 0 Å². The number of carbonyl (C=O) groups excluding carboxylic acids is 1. The first-order valence-corrected chi connectivity index (χ1v) is 7.91. The van der Waals surface area contributed by atoms with E-state index in [1.807, 2.05) is 11.4 Å². The van der Waals surface area contributed by atoms with Crippen molar-refractivity contribution in [3.63, 3.8) is 0 Å². The number of halogens is 2. The van der Waals surface area contributed by atoms with Crippen molar-refractivity contribution >= 4 is 40.5 Å². The van der Waals surface area contributed by atoms with E-state index in [0.717, 1.165) is 21.8 Å². The molecular weight excluding hydrogens is 341 g/mol. The van der Waals surface area contributed by atoms with E-state index < -0.39 is 5.97 Å². The lowest BCUT2D eigenvalue weighted by Gasteiger charge is -2.02. The first-order valence-electron chi connectivity index (χ1n) is 6.27. The number of hydrogen-bond acceptors (Lipinski definition) is 4. The molecule has 0 bridgehead atoms. The topological polar surface area (TPSA) is 53.0 Å². The first-order chi connectivity index (χ1) is 10.5. The van der Waals surface area contributed by atoms with Crippen LogP contribution in [0.4, 0.5) is 0 Å². The zero-order valence-corrected chi connectivity index (χ0v) is 13.4. The predicted octanol–water partition coefficient (Wildman–Crippen LogP) is 4.15. The van der Waals surface area contributed by atoms with Crippen LogP contribution in [0.5, 0.6) is 0 Å². The lowest BCUT2D eigenvalue weighted by molar-refractivity contribution is -0.255. The summed E-state index contributed by atoms with van der Waals surface area (Å²) in [7, 11) is 0. The van der Waals surface area contributed by atoms with Gasteiger partial charge in [-0.05, 0) is 17.7 Å². The SMILES string of the molecule is O=C([O-])c1ccc(-c2nc(-c3ccc(Cl)c(Cl)c3)cs2)cc1. The highest BCUT2D eigenvalue weighted by atomic mass is 35.5. The number of carbonyl (C=O) groups is 1. The van der Waals surface area contributed by atoms with Gasteiger partial charge < -0.3 is 9.90 Å². The molecule has 0 radical (unpaired) electrons. The predicted molar refractivity (Wildman–Crippen MR) is 87.3 cm³/mol. The second-order valence-corrected chi connectivity index (χ2v) is 6.20. The highest BCUT2D eigenvalue weighted by Gasteiger charge is 2.08. The van der Waals surface area contributed by atoms with Crippen LogP contribution in [0.25, 0.3) is 21.8 Å². The molecule has 0 unspecified atom stereocenters. The largest absolute Gasteiger partial charge is 0.545 e. The van der Waals surface area contributed by atoms with Crippen LogP contribution in [0.3, 0.4) is 0 Å². The van der Waals surface area contributed by atoms with E-state index in [4.69, 9.17) is 23.2 Å². The lowest BCUT2D eigenvalue weighted by atomic mass is 10.1. The van der Waals surface area contributed by atoms with E-state index in [1.165, 1.54) is 23.5 Å². The second kappa shape index (κ2) is 6.08. The molecule has 0 N–H and O–H groups in total. The van der Waals surface area contributed by atoms with Crippen LogP contribution < -0.4 is 5.11 Å². The Morgan fingerprint density at radius 1 is 1.00 bits per heavy atom. The quantitative estimate of drug-likeness (QED) is 0.714. The molecule has 22 heavy (non-hydrogen) atoms. The van der Waals surface area contributed by atoms with Crippen molar-refractivity contribution in [2.45, 2.75) is 0 Å². The molecule has 0 aliphatic carbocycles. The van der Waals surface area contributed by atoms with Crippen molar-refractivity contribution < 1.29 is 9.90 Å². The number of carboxylic acid groups (broad SMARTS) is 1. The minimum atomic E-state index is -1.19. The number of aromatic nitrogens is 1. The maximum Gasteiger partial charge on any atom is 0.124 e. The summed E-state index contributed by atoms with van der Waals surface area (Å²) >= 11 is 13.4. The molecule has 0 saturated carbocycles. The molecule has 0 amide bonds.